The van der Waals surface area contributed by atoms with Crippen molar-refractivity contribution in [3.8, 4) is 5.75 Å². The van der Waals surface area contributed by atoms with Crippen LogP contribution in [0.1, 0.15) is 12.5 Å². The topological polar surface area (TPSA) is 9.23 Å². The van der Waals surface area contributed by atoms with Crippen molar-refractivity contribution in [1.82, 2.24) is 0 Å². The number of fused-ring (bicyclic) bond motifs is 3. The largest absolute Gasteiger partial charge is 0.493 e. The van der Waals surface area contributed by atoms with E-state index in [1.54, 1.807) is 0 Å². The third-order valence-corrected chi connectivity index (χ3v) is 2.84. The molecule has 2 heteroatoms. The zero-order chi connectivity index (χ0) is 11.2. The average molecular weight is 206 g/mol. The quantitative estimate of drug-likeness (QED) is 0.601. The van der Waals surface area contributed by atoms with Gasteiger partial charge in [0.1, 0.15) is 13.6 Å². The van der Waals surface area contributed by atoms with Gasteiger partial charge >= 0.3 is 0 Å². The fraction of sp³-hybridized carbons (Fsp3) is 0.143. The van der Waals surface area contributed by atoms with Crippen LogP contribution in [0.25, 0.3) is 16.8 Å². The highest BCUT2D eigenvalue weighted by atomic mass is 16.5. The zero-order valence-corrected chi connectivity index (χ0v) is 9.10. The maximum Gasteiger partial charge on any atom is 0.137 e. The summed E-state index contributed by atoms with van der Waals surface area (Å²) in [5.74, 6) is 0.853. The van der Waals surface area contributed by atoms with Gasteiger partial charge in [0, 0.05) is 5.56 Å². The molecule has 0 spiro atoms. The minimum Gasteiger partial charge on any atom is -0.493 e. The molecule has 1 aliphatic rings. The van der Waals surface area contributed by atoms with Crippen LogP contribution < -0.4 is 4.74 Å². The molecule has 0 saturated carbocycles. The van der Waals surface area contributed by atoms with E-state index in [1.807, 2.05) is 37.3 Å². The minimum absolute atomic E-state index is 0.699. The molecular formula is C14H11BO. The molecule has 2 aromatic carbocycles. The summed E-state index contributed by atoms with van der Waals surface area (Å²) in [5.41, 5.74) is 0.413. The van der Waals surface area contributed by atoms with Crippen molar-refractivity contribution in [1.29, 1.82) is 0 Å². The molecule has 0 N–H and O–H groups in total. The van der Waals surface area contributed by atoms with Crippen molar-refractivity contribution in [3.05, 3.63) is 48.0 Å². The lowest BCUT2D eigenvalue weighted by Crippen LogP contribution is -2.31. The lowest BCUT2D eigenvalue weighted by molar-refractivity contribution is 0.224. The van der Waals surface area contributed by atoms with Crippen LogP contribution in [0.3, 0.4) is 0 Å². The SMILES string of the molecule is [B]C1(C)C=Cc2c(ccc3ccccc23)O1. The maximum atomic E-state index is 5.93. The maximum absolute atomic E-state index is 5.93. The van der Waals surface area contributed by atoms with E-state index in [1.165, 1.54) is 10.8 Å². The first kappa shape index (κ1) is 9.53. The average Bonchev–Trinajstić information content (AvgIpc) is 2.27. The van der Waals surface area contributed by atoms with E-state index in [0.717, 1.165) is 11.3 Å². The molecule has 3 rings (SSSR count). The van der Waals surface area contributed by atoms with Gasteiger partial charge in [-0.15, -0.1) is 0 Å². The Balaban J connectivity index is 2.29. The molecule has 1 nitrogen and oxygen atoms in total. The molecule has 1 atom stereocenters. The predicted octanol–water partition coefficient (Wildman–Crippen LogP) is 3.13. The minimum atomic E-state index is -0.699. The normalized spacial score (nSPS) is 22.8. The first-order chi connectivity index (χ1) is 7.66. The third-order valence-electron chi connectivity index (χ3n) is 2.84. The van der Waals surface area contributed by atoms with Gasteiger partial charge in [0.05, 0.1) is 5.50 Å². The molecule has 2 radical (unpaired) electrons. The molecule has 0 amide bonds. The number of benzene rings is 2. The highest BCUT2D eigenvalue weighted by molar-refractivity contribution is 6.16. The highest BCUT2D eigenvalue weighted by Crippen LogP contribution is 2.34. The summed E-state index contributed by atoms with van der Waals surface area (Å²) in [4.78, 5) is 0. The van der Waals surface area contributed by atoms with Gasteiger partial charge in [0.15, 0.2) is 0 Å². The van der Waals surface area contributed by atoms with Crippen LogP contribution in [0.2, 0.25) is 0 Å². The molecule has 0 aromatic heterocycles. The van der Waals surface area contributed by atoms with Crippen molar-refractivity contribution >= 4 is 24.7 Å². The first-order valence-corrected chi connectivity index (χ1v) is 5.35. The number of rotatable bonds is 0. The predicted molar refractivity (Wildman–Crippen MR) is 67.8 cm³/mol. The van der Waals surface area contributed by atoms with E-state index >= 15 is 0 Å². The molecule has 1 unspecified atom stereocenters. The van der Waals surface area contributed by atoms with Crippen LogP contribution in [0.4, 0.5) is 0 Å². The standard InChI is InChI=1S/C14H11BO/c1-14(15)9-8-12-11-5-3-2-4-10(11)6-7-13(12)16-14/h2-9H,1H3. The third kappa shape index (κ3) is 1.42. The Morgan fingerprint density at radius 2 is 1.94 bits per heavy atom. The summed E-state index contributed by atoms with van der Waals surface area (Å²) < 4.78 is 5.72. The Bertz CT molecular complexity index is 584. The van der Waals surface area contributed by atoms with Gasteiger partial charge in [0.25, 0.3) is 0 Å². The lowest BCUT2D eigenvalue weighted by Gasteiger charge is -2.29. The molecule has 16 heavy (non-hydrogen) atoms. The Morgan fingerprint density at radius 1 is 1.12 bits per heavy atom. The van der Waals surface area contributed by atoms with Crippen molar-refractivity contribution in [2.24, 2.45) is 0 Å². The number of hydrogen-bond donors (Lipinski definition) is 0. The summed E-state index contributed by atoms with van der Waals surface area (Å²) in [7, 11) is 5.93. The summed E-state index contributed by atoms with van der Waals surface area (Å²) in [5, 5.41) is 2.42. The Labute approximate surface area is 96.1 Å². The van der Waals surface area contributed by atoms with Gasteiger partial charge in [-0.3, -0.25) is 0 Å². The van der Waals surface area contributed by atoms with Crippen LogP contribution in [-0.4, -0.2) is 13.3 Å². The van der Waals surface area contributed by atoms with E-state index in [2.05, 4.69) is 18.2 Å². The first-order valence-electron chi connectivity index (χ1n) is 5.35. The highest BCUT2D eigenvalue weighted by Gasteiger charge is 2.21. The van der Waals surface area contributed by atoms with Crippen LogP contribution in [-0.2, 0) is 0 Å². The molecule has 1 heterocycles. The summed E-state index contributed by atoms with van der Waals surface area (Å²) >= 11 is 0. The Kier molecular flexibility index (Phi) is 1.87. The monoisotopic (exact) mass is 206 g/mol. The molecule has 0 bridgehead atoms. The van der Waals surface area contributed by atoms with Gasteiger partial charge in [-0.1, -0.05) is 42.5 Å². The van der Waals surface area contributed by atoms with Gasteiger partial charge in [-0.25, -0.2) is 0 Å². The second-order valence-corrected chi connectivity index (χ2v) is 4.32. The van der Waals surface area contributed by atoms with Crippen LogP contribution in [0, 0.1) is 0 Å². The summed E-state index contributed by atoms with van der Waals surface area (Å²) in [6.45, 7) is 1.85. The van der Waals surface area contributed by atoms with Crippen molar-refractivity contribution in [2.45, 2.75) is 12.4 Å². The van der Waals surface area contributed by atoms with E-state index in [-0.39, 0.29) is 0 Å². The van der Waals surface area contributed by atoms with Crippen molar-refractivity contribution < 1.29 is 4.74 Å². The fourth-order valence-electron chi connectivity index (χ4n) is 2.06. The zero-order valence-electron chi connectivity index (χ0n) is 9.10. The molecule has 76 valence electrons. The molecule has 0 fully saturated rings. The van der Waals surface area contributed by atoms with Crippen LogP contribution >= 0.6 is 0 Å². The summed E-state index contributed by atoms with van der Waals surface area (Å²) in [6.07, 6.45) is 3.93. The second-order valence-electron chi connectivity index (χ2n) is 4.32. The van der Waals surface area contributed by atoms with E-state index in [4.69, 9.17) is 12.6 Å². The Hall–Kier alpha value is -1.70. The summed E-state index contributed by atoms with van der Waals surface area (Å²) in [6, 6.07) is 12.3. The van der Waals surface area contributed by atoms with Crippen molar-refractivity contribution in [2.75, 3.05) is 0 Å². The number of hydrogen-bond acceptors (Lipinski definition) is 1. The van der Waals surface area contributed by atoms with Crippen LogP contribution in [0.5, 0.6) is 5.75 Å². The number of ether oxygens (including phenoxy) is 1. The molecule has 0 aliphatic carbocycles. The van der Waals surface area contributed by atoms with Gasteiger partial charge in [-0.2, -0.15) is 0 Å². The molecule has 2 aromatic rings. The van der Waals surface area contributed by atoms with Gasteiger partial charge in [-0.05, 0) is 23.8 Å². The van der Waals surface area contributed by atoms with Crippen LogP contribution in [0.15, 0.2) is 42.5 Å². The van der Waals surface area contributed by atoms with E-state index in [9.17, 15) is 0 Å². The van der Waals surface area contributed by atoms with Gasteiger partial charge < -0.3 is 4.74 Å². The van der Waals surface area contributed by atoms with Crippen molar-refractivity contribution in [3.63, 3.8) is 0 Å². The Morgan fingerprint density at radius 3 is 2.81 bits per heavy atom. The van der Waals surface area contributed by atoms with E-state index < -0.39 is 5.50 Å². The molecule has 0 saturated heterocycles. The molecule has 1 aliphatic heterocycles. The lowest BCUT2D eigenvalue weighted by atomic mass is 9.81. The van der Waals surface area contributed by atoms with E-state index in [0.29, 0.717) is 0 Å². The fourth-order valence-corrected chi connectivity index (χ4v) is 2.06. The van der Waals surface area contributed by atoms with Gasteiger partial charge in [0.2, 0.25) is 0 Å². The smallest absolute Gasteiger partial charge is 0.137 e. The molecular weight excluding hydrogens is 195 g/mol. The second kappa shape index (κ2) is 3.15.